The van der Waals surface area contributed by atoms with Gasteiger partial charge in [-0.2, -0.15) is 0 Å². The van der Waals surface area contributed by atoms with Crippen LogP contribution in [-0.2, 0) is 4.74 Å². The maximum absolute atomic E-state index is 5.05. The van der Waals surface area contributed by atoms with E-state index in [2.05, 4.69) is 31.2 Å². The van der Waals surface area contributed by atoms with E-state index in [0.29, 0.717) is 0 Å². The van der Waals surface area contributed by atoms with Crippen molar-refractivity contribution in [2.45, 2.75) is 84.0 Å². The zero-order valence-corrected chi connectivity index (χ0v) is 13.9. The molecule has 0 fully saturated rings. The van der Waals surface area contributed by atoms with Gasteiger partial charge in [-0.15, -0.1) is 0 Å². The highest BCUT2D eigenvalue weighted by molar-refractivity contribution is 4.92. The van der Waals surface area contributed by atoms with Gasteiger partial charge in [0.05, 0.1) is 0 Å². The van der Waals surface area contributed by atoms with E-state index in [1.54, 1.807) is 7.11 Å². The lowest BCUT2D eigenvalue weighted by Crippen LogP contribution is -1.88. The van der Waals surface area contributed by atoms with Gasteiger partial charge in [-0.25, -0.2) is 0 Å². The van der Waals surface area contributed by atoms with Gasteiger partial charge in [0.15, 0.2) is 0 Å². The third-order valence-corrected chi connectivity index (χ3v) is 3.55. The number of allylic oxidation sites excluding steroid dienone is 4. The SMILES string of the molecule is CCCCCC=CCC=CCCCCCCCCOC. The normalized spacial score (nSPS) is 11.9. The lowest BCUT2D eigenvalue weighted by Gasteiger charge is -2.00. The molecule has 0 amide bonds. The number of methoxy groups -OCH3 is 1. The Bertz CT molecular complexity index is 218. The third kappa shape index (κ3) is 17.4. The molecule has 0 aliphatic carbocycles. The fourth-order valence-electron chi connectivity index (χ4n) is 2.23. The molecule has 1 heteroatoms. The predicted molar refractivity (Wildman–Crippen MR) is 91.2 cm³/mol. The van der Waals surface area contributed by atoms with Crippen molar-refractivity contribution in [2.24, 2.45) is 0 Å². The summed E-state index contributed by atoms with van der Waals surface area (Å²) in [4.78, 5) is 0. The van der Waals surface area contributed by atoms with E-state index in [4.69, 9.17) is 4.74 Å². The van der Waals surface area contributed by atoms with Crippen LogP contribution < -0.4 is 0 Å². The van der Waals surface area contributed by atoms with Crippen molar-refractivity contribution in [2.75, 3.05) is 13.7 Å². The van der Waals surface area contributed by atoms with Crippen molar-refractivity contribution in [3.8, 4) is 0 Å². The van der Waals surface area contributed by atoms with E-state index < -0.39 is 0 Å². The molecular weight excluding hydrogens is 244 g/mol. The second kappa shape index (κ2) is 18.4. The fraction of sp³-hybridized carbons (Fsp3) is 0.789. The molecule has 0 unspecified atom stereocenters. The van der Waals surface area contributed by atoms with E-state index >= 15 is 0 Å². The molecule has 20 heavy (non-hydrogen) atoms. The van der Waals surface area contributed by atoms with Crippen LogP contribution in [0.25, 0.3) is 0 Å². The molecule has 0 aromatic carbocycles. The molecule has 0 spiro atoms. The molecule has 0 atom stereocenters. The Kier molecular flexibility index (Phi) is 17.9. The van der Waals surface area contributed by atoms with Crippen LogP contribution in [-0.4, -0.2) is 13.7 Å². The van der Waals surface area contributed by atoms with Gasteiger partial charge < -0.3 is 4.74 Å². The quantitative estimate of drug-likeness (QED) is 0.247. The average Bonchev–Trinajstić information content (AvgIpc) is 2.47. The van der Waals surface area contributed by atoms with E-state index in [9.17, 15) is 0 Å². The molecule has 0 bridgehead atoms. The van der Waals surface area contributed by atoms with Gasteiger partial charge >= 0.3 is 0 Å². The topological polar surface area (TPSA) is 9.23 Å². The van der Waals surface area contributed by atoms with Crippen LogP contribution in [0.4, 0.5) is 0 Å². The molecule has 0 aromatic rings. The van der Waals surface area contributed by atoms with Crippen molar-refractivity contribution in [1.82, 2.24) is 0 Å². The Morgan fingerprint density at radius 1 is 0.650 bits per heavy atom. The second-order valence-electron chi connectivity index (χ2n) is 5.58. The van der Waals surface area contributed by atoms with Crippen LogP contribution in [0, 0.1) is 0 Å². The zero-order valence-electron chi connectivity index (χ0n) is 13.9. The number of unbranched alkanes of at least 4 members (excludes halogenated alkanes) is 9. The predicted octanol–water partition coefficient (Wildman–Crippen LogP) is 6.45. The average molecular weight is 280 g/mol. The molecule has 118 valence electrons. The van der Waals surface area contributed by atoms with Crippen molar-refractivity contribution in [3.05, 3.63) is 24.3 Å². The summed E-state index contributed by atoms with van der Waals surface area (Å²) in [5.74, 6) is 0. The minimum Gasteiger partial charge on any atom is -0.385 e. The highest BCUT2D eigenvalue weighted by atomic mass is 16.5. The number of hydrogen-bond acceptors (Lipinski definition) is 1. The minimum absolute atomic E-state index is 0.925. The number of hydrogen-bond donors (Lipinski definition) is 0. The molecule has 0 saturated heterocycles. The number of ether oxygens (including phenoxy) is 1. The molecule has 0 saturated carbocycles. The summed E-state index contributed by atoms with van der Waals surface area (Å²) in [6, 6.07) is 0. The number of rotatable bonds is 15. The Morgan fingerprint density at radius 3 is 1.80 bits per heavy atom. The van der Waals surface area contributed by atoms with Crippen LogP contribution in [0.3, 0.4) is 0 Å². The van der Waals surface area contributed by atoms with Gasteiger partial charge in [-0.1, -0.05) is 69.8 Å². The Morgan fingerprint density at radius 2 is 1.20 bits per heavy atom. The highest BCUT2D eigenvalue weighted by Gasteiger charge is 1.90. The lowest BCUT2D eigenvalue weighted by molar-refractivity contribution is 0.192. The van der Waals surface area contributed by atoms with E-state index in [-0.39, 0.29) is 0 Å². The molecule has 0 aromatic heterocycles. The molecule has 0 heterocycles. The summed E-state index contributed by atoms with van der Waals surface area (Å²) < 4.78 is 5.05. The fourth-order valence-corrected chi connectivity index (χ4v) is 2.23. The summed E-state index contributed by atoms with van der Waals surface area (Å²) in [5, 5.41) is 0. The molecule has 0 aliphatic heterocycles. The van der Waals surface area contributed by atoms with Gasteiger partial charge in [-0.3, -0.25) is 0 Å². The van der Waals surface area contributed by atoms with Gasteiger partial charge in [0.25, 0.3) is 0 Å². The first kappa shape index (κ1) is 19.4. The lowest BCUT2D eigenvalue weighted by atomic mass is 10.1. The zero-order chi connectivity index (χ0) is 14.7. The van der Waals surface area contributed by atoms with E-state index in [0.717, 1.165) is 13.0 Å². The van der Waals surface area contributed by atoms with Gasteiger partial charge in [0.1, 0.15) is 0 Å². The molecule has 0 aliphatic rings. The highest BCUT2D eigenvalue weighted by Crippen LogP contribution is 2.08. The molecular formula is C19H36O. The standard InChI is InChI=1S/C19H36O/c1-3-4-5-6-7-8-9-10-11-12-13-14-15-16-17-18-19-20-2/h7-8,10-11H,3-6,9,12-19H2,1-2H3. The maximum Gasteiger partial charge on any atom is 0.0462 e. The summed E-state index contributed by atoms with van der Waals surface area (Å²) in [6.07, 6.45) is 25.0. The van der Waals surface area contributed by atoms with Crippen molar-refractivity contribution < 1.29 is 4.74 Å². The Hall–Kier alpha value is -0.560. The van der Waals surface area contributed by atoms with Gasteiger partial charge in [0, 0.05) is 13.7 Å². The summed E-state index contributed by atoms with van der Waals surface area (Å²) >= 11 is 0. The Labute approximate surface area is 127 Å². The van der Waals surface area contributed by atoms with Crippen molar-refractivity contribution >= 4 is 0 Å². The summed E-state index contributed by atoms with van der Waals surface area (Å²) in [7, 11) is 1.78. The first-order valence-electron chi connectivity index (χ1n) is 8.70. The van der Waals surface area contributed by atoms with Gasteiger partial charge in [0.2, 0.25) is 0 Å². The smallest absolute Gasteiger partial charge is 0.0462 e. The third-order valence-electron chi connectivity index (χ3n) is 3.55. The molecule has 1 nitrogen and oxygen atoms in total. The van der Waals surface area contributed by atoms with Crippen LogP contribution in [0.2, 0.25) is 0 Å². The summed E-state index contributed by atoms with van der Waals surface area (Å²) in [5.41, 5.74) is 0. The van der Waals surface area contributed by atoms with Crippen molar-refractivity contribution in [3.63, 3.8) is 0 Å². The van der Waals surface area contributed by atoms with Crippen LogP contribution >= 0.6 is 0 Å². The monoisotopic (exact) mass is 280 g/mol. The largest absolute Gasteiger partial charge is 0.385 e. The van der Waals surface area contributed by atoms with Crippen molar-refractivity contribution in [1.29, 1.82) is 0 Å². The summed E-state index contributed by atoms with van der Waals surface area (Å²) in [6.45, 7) is 3.18. The minimum atomic E-state index is 0.925. The first-order valence-corrected chi connectivity index (χ1v) is 8.70. The molecule has 0 radical (unpaired) electrons. The molecule has 0 rings (SSSR count). The van der Waals surface area contributed by atoms with Crippen LogP contribution in [0.5, 0.6) is 0 Å². The second-order valence-corrected chi connectivity index (χ2v) is 5.58. The first-order chi connectivity index (χ1) is 9.91. The van der Waals surface area contributed by atoms with Gasteiger partial charge in [-0.05, 0) is 38.5 Å². The van der Waals surface area contributed by atoms with Crippen LogP contribution in [0.15, 0.2) is 24.3 Å². The Balaban J connectivity index is 3.12. The maximum atomic E-state index is 5.05. The molecule has 0 N–H and O–H groups in total. The van der Waals surface area contributed by atoms with E-state index in [1.807, 2.05) is 0 Å². The van der Waals surface area contributed by atoms with Crippen LogP contribution in [0.1, 0.15) is 84.0 Å². The van der Waals surface area contributed by atoms with E-state index in [1.165, 1.54) is 70.6 Å².